The molecule has 5 aromatic carbocycles. The molecule has 0 aliphatic heterocycles. The van der Waals surface area contributed by atoms with E-state index in [9.17, 15) is 9.59 Å². The maximum Gasteiger partial charge on any atom is 0.343 e. The smallest absolute Gasteiger partial charge is 0.343 e. The Balaban J connectivity index is 1.28. The quantitative estimate of drug-likeness (QED) is 0.0972. The summed E-state index contributed by atoms with van der Waals surface area (Å²) in [6.45, 7) is 1.65. The molecule has 1 amide bonds. The van der Waals surface area contributed by atoms with Crippen LogP contribution in [0.15, 0.2) is 120 Å². The maximum absolute atomic E-state index is 12.9. The van der Waals surface area contributed by atoms with Crippen LogP contribution in [0.3, 0.4) is 0 Å². The molecule has 0 radical (unpaired) electrons. The van der Waals surface area contributed by atoms with E-state index in [2.05, 4.69) is 10.5 Å². The molecule has 204 valence electrons. The first-order valence-electron chi connectivity index (χ1n) is 13.0. The molecular weight excluding hydrogens is 516 g/mol. The fraction of sp³-hybridized carbons (Fsp3) is 0.0882. The number of amides is 1. The lowest BCUT2D eigenvalue weighted by atomic mass is 10.0. The van der Waals surface area contributed by atoms with Crippen LogP contribution in [0.2, 0.25) is 0 Å². The lowest BCUT2D eigenvalue weighted by molar-refractivity contribution is -0.127. The van der Waals surface area contributed by atoms with Gasteiger partial charge >= 0.3 is 5.97 Å². The topological polar surface area (TPSA) is 86.2 Å². The molecule has 1 N–H and O–H groups in total. The Morgan fingerprint density at radius 1 is 0.756 bits per heavy atom. The Bertz CT molecular complexity index is 1680. The molecule has 0 saturated heterocycles. The van der Waals surface area contributed by atoms with Gasteiger partial charge in [-0.1, -0.05) is 72.8 Å². The van der Waals surface area contributed by atoms with E-state index in [0.717, 1.165) is 21.9 Å². The lowest BCUT2D eigenvalue weighted by Gasteiger charge is -2.14. The molecule has 1 atom stereocenters. The summed E-state index contributed by atoms with van der Waals surface area (Å²) in [5, 5.41) is 5.90. The van der Waals surface area contributed by atoms with Gasteiger partial charge in [-0.3, -0.25) is 4.79 Å². The highest BCUT2D eigenvalue weighted by Gasteiger charge is 2.16. The van der Waals surface area contributed by atoms with Crippen molar-refractivity contribution in [1.82, 2.24) is 5.43 Å². The van der Waals surface area contributed by atoms with E-state index in [0.29, 0.717) is 28.4 Å². The third kappa shape index (κ3) is 6.59. The zero-order valence-corrected chi connectivity index (χ0v) is 22.6. The molecule has 5 aromatic rings. The maximum atomic E-state index is 12.9. The molecule has 7 heteroatoms. The summed E-state index contributed by atoms with van der Waals surface area (Å²) in [5.41, 5.74) is 5.61. The third-order valence-corrected chi connectivity index (χ3v) is 6.47. The standard InChI is InChI=1S/C34H28N2O5/c1-23(40-29-19-12-25(13-20-29)24-8-4-3-5-9-24)33(37)36-35-22-31-30-11-7-6-10-26(30)16-21-32(31)41-34(38)27-14-17-28(39-2)18-15-27/h3-23H,1-2H3,(H,36,37)/b35-22-/t23-/m0/s1. The van der Waals surface area contributed by atoms with E-state index >= 15 is 0 Å². The van der Waals surface area contributed by atoms with Gasteiger partial charge in [-0.05, 0) is 71.3 Å². The second-order valence-corrected chi connectivity index (χ2v) is 9.20. The molecule has 0 saturated carbocycles. The molecule has 0 unspecified atom stereocenters. The lowest BCUT2D eigenvalue weighted by Crippen LogP contribution is -2.33. The van der Waals surface area contributed by atoms with Gasteiger partial charge in [-0.15, -0.1) is 0 Å². The van der Waals surface area contributed by atoms with E-state index in [1.165, 1.54) is 6.21 Å². The largest absolute Gasteiger partial charge is 0.497 e. The minimum Gasteiger partial charge on any atom is -0.497 e. The number of hydrogen-bond donors (Lipinski definition) is 1. The highest BCUT2D eigenvalue weighted by atomic mass is 16.5. The van der Waals surface area contributed by atoms with Gasteiger partial charge in [0.15, 0.2) is 6.10 Å². The van der Waals surface area contributed by atoms with Gasteiger partial charge in [-0.25, -0.2) is 10.2 Å². The van der Waals surface area contributed by atoms with Crippen LogP contribution in [0.4, 0.5) is 0 Å². The SMILES string of the molecule is COc1ccc(C(=O)Oc2ccc3ccccc3c2/C=N\NC(=O)[C@H](C)Oc2ccc(-c3ccccc3)cc2)cc1. The number of methoxy groups -OCH3 is 1. The molecule has 0 fully saturated rings. The number of hydrogen-bond acceptors (Lipinski definition) is 6. The molecule has 0 aliphatic carbocycles. The Morgan fingerprint density at radius 3 is 2.15 bits per heavy atom. The minimum atomic E-state index is -0.797. The Labute approximate surface area is 238 Å². The zero-order valence-electron chi connectivity index (χ0n) is 22.6. The average molecular weight is 545 g/mol. The summed E-state index contributed by atoms with van der Waals surface area (Å²) in [5.74, 6) is 0.564. The van der Waals surface area contributed by atoms with E-state index in [-0.39, 0.29) is 0 Å². The molecule has 0 spiro atoms. The first-order valence-corrected chi connectivity index (χ1v) is 13.0. The van der Waals surface area contributed by atoms with Crippen LogP contribution in [0.25, 0.3) is 21.9 Å². The number of esters is 1. The van der Waals surface area contributed by atoms with Gasteiger partial charge in [-0.2, -0.15) is 5.10 Å². The van der Waals surface area contributed by atoms with Crippen molar-refractivity contribution in [2.75, 3.05) is 7.11 Å². The monoisotopic (exact) mass is 544 g/mol. The number of fused-ring (bicyclic) bond motifs is 1. The van der Waals surface area contributed by atoms with Crippen molar-refractivity contribution in [3.8, 4) is 28.4 Å². The van der Waals surface area contributed by atoms with Gasteiger partial charge < -0.3 is 14.2 Å². The van der Waals surface area contributed by atoms with Gasteiger partial charge in [0.1, 0.15) is 17.2 Å². The Hall–Kier alpha value is -5.43. The number of nitrogens with one attached hydrogen (secondary N) is 1. The van der Waals surface area contributed by atoms with Crippen LogP contribution < -0.4 is 19.6 Å². The van der Waals surface area contributed by atoms with Crippen LogP contribution in [-0.4, -0.2) is 31.3 Å². The number of rotatable bonds is 9. The van der Waals surface area contributed by atoms with E-state index in [1.807, 2.05) is 84.9 Å². The minimum absolute atomic E-state index is 0.310. The van der Waals surface area contributed by atoms with Crippen LogP contribution >= 0.6 is 0 Å². The highest BCUT2D eigenvalue weighted by Crippen LogP contribution is 2.28. The predicted octanol–water partition coefficient (Wildman–Crippen LogP) is 6.65. The first-order chi connectivity index (χ1) is 20.0. The van der Waals surface area contributed by atoms with Crippen molar-refractivity contribution in [3.05, 3.63) is 126 Å². The van der Waals surface area contributed by atoms with E-state index in [1.54, 1.807) is 44.4 Å². The van der Waals surface area contributed by atoms with Crippen molar-refractivity contribution in [2.24, 2.45) is 5.10 Å². The Morgan fingerprint density at radius 2 is 1.41 bits per heavy atom. The first kappa shape index (κ1) is 27.1. The van der Waals surface area contributed by atoms with Gasteiger partial charge in [0.05, 0.1) is 18.9 Å². The molecule has 41 heavy (non-hydrogen) atoms. The summed E-state index contributed by atoms with van der Waals surface area (Å²) in [4.78, 5) is 25.6. The van der Waals surface area contributed by atoms with E-state index < -0.39 is 18.0 Å². The summed E-state index contributed by atoms with van der Waals surface area (Å²) in [6.07, 6.45) is 0.674. The van der Waals surface area contributed by atoms with Crippen LogP contribution in [0.1, 0.15) is 22.8 Å². The molecule has 0 aliphatic rings. The molecule has 0 aromatic heterocycles. The predicted molar refractivity (Wildman–Crippen MR) is 160 cm³/mol. The number of ether oxygens (including phenoxy) is 3. The number of carbonyl (C=O) groups excluding carboxylic acids is 2. The Kier molecular flexibility index (Phi) is 8.35. The number of nitrogens with zero attached hydrogens (tertiary/aromatic N) is 1. The summed E-state index contributed by atoms with van der Waals surface area (Å²) in [7, 11) is 1.56. The summed E-state index contributed by atoms with van der Waals surface area (Å²) >= 11 is 0. The van der Waals surface area contributed by atoms with Crippen molar-refractivity contribution < 1.29 is 23.8 Å². The van der Waals surface area contributed by atoms with Gasteiger partial charge in [0.25, 0.3) is 5.91 Å². The normalized spacial score (nSPS) is 11.7. The second kappa shape index (κ2) is 12.6. The molecule has 7 nitrogen and oxygen atoms in total. The fourth-order valence-corrected chi connectivity index (χ4v) is 4.25. The van der Waals surface area contributed by atoms with E-state index in [4.69, 9.17) is 14.2 Å². The van der Waals surface area contributed by atoms with Crippen molar-refractivity contribution in [3.63, 3.8) is 0 Å². The fourth-order valence-electron chi connectivity index (χ4n) is 4.25. The average Bonchev–Trinajstić information content (AvgIpc) is 3.02. The highest BCUT2D eigenvalue weighted by molar-refractivity contribution is 6.04. The molecule has 0 bridgehead atoms. The van der Waals surface area contributed by atoms with Gasteiger partial charge in [0, 0.05) is 5.56 Å². The van der Waals surface area contributed by atoms with Crippen LogP contribution in [-0.2, 0) is 4.79 Å². The van der Waals surface area contributed by atoms with Gasteiger partial charge in [0.2, 0.25) is 0 Å². The summed E-state index contributed by atoms with van der Waals surface area (Å²) < 4.78 is 16.7. The number of benzene rings is 5. The second-order valence-electron chi connectivity index (χ2n) is 9.20. The van der Waals surface area contributed by atoms with Crippen LogP contribution in [0.5, 0.6) is 17.2 Å². The third-order valence-electron chi connectivity index (χ3n) is 6.47. The zero-order chi connectivity index (χ0) is 28.6. The molecule has 5 rings (SSSR count). The molecule has 0 heterocycles. The number of hydrazone groups is 1. The van der Waals surface area contributed by atoms with Crippen LogP contribution in [0, 0.1) is 0 Å². The summed E-state index contributed by atoms with van der Waals surface area (Å²) in [6, 6.07) is 35.4. The number of carbonyl (C=O) groups is 2. The van der Waals surface area contributed by atoms with Crippen molar-refractivity contribution in [2.45, 2.75) is 13.0 Å². The van der Waals surface area contributed by atoms with Crippen molar-refractivity contribution in [1.29, 1.82) is 0 Å². The molecular formula is C34H28N2O5. The van der Waals surface area contributed by atoms with Crippen molar-refractivity contribution >= 4 is 28.9 Å².